The number of rotatable bonds is 3. The highest BCUT2D eigenvalue weighted by Crippen LogP contribution is 2.25. The number of nitrogens with zero attached hydrogens (tertiary/aromatic N) is 4. The van der Waals surface area contributed by atoms with Gasteiger partial charge in [-0.05, 0) is 57.2 Å². The van der Waals surface area contributed by atoms with Gasteiger partial charge in [0.15, 0.2) is 5.82 Å². The summed E-state index contributed by atoms with van der Waals surface area (Å²) in [4.78, 5) is 14.9. The van der Waals surface area contributed by atoms with E-state index in [9.17, 15) is 4.79 Å². The summed E-state index contributed by atoms with van der Waals surface area (Å²) in [5.74, 6) is 1.76. The quantitative estimate of drug-likeness (QED) is 0.887. The molecule has 4 rings (SSSR count). The van der Waals surface area contributed by atoms with Crippen LogP contribution in [0.25, 0.3) is 0 Å². The van der Waals surface area contributed by atoms with Crippen LogP contribution in [0.3, 0.4) is 0 Å². The standard InChI is InChI=1S/C19H26N6O/c1-14-22-23-18-17(9-6-12-25(14)18)21-19(26)20-15-7-5-8-16(13-15)24-10-3-2-4-11-24/h5,7-8,13,17H,2-4,6,9-12H2,1H3,(H2,20,21,26)/t17-/m0/s1. The van der Waals surface area contributed by atoms with Gasteiger partial charge in [-0.1, -0.05) is 6.07 Å². The topological polar surface area (TPSA) is 75.1 Å². The fraction of sp³-hybridized carbons (Fsp3) is 0.526. The highest BCUT2D eigenvalue weighted by atomic mass is 16.2. The van der Waals surface area contributed by atoms with Crippen LogP contribution in [0.2, 0.25) is 0 Å². The van der Waals surface area contributed by atoms with E-state index < -0.39 is 0 Å². The van der Waals surface area contributed by atoms with Crippen LogP contribution in [0.1, 0.15) is 49.8 Å². The van der Waals surface area contributed by atoms with E-state index in [1.165, 1.54) is 24.9 Å². The summed E-state index contributed by atoms with van der Waals surface area (Å²) in [7, 11) is 0. The molecule has 0 bridgehead atoms. The Labute approximate surface area is 153 Å². The van der Waals surface area contributed by atoms with Crippen molar-refractivity contribution in [2.24, 2.45) is 0 Å². The van der Waals surface area contributed by atoms with Gasteiger partial charge in [0.2, 0.25) is 0 Å². The van der Waals surface area contributed by atoms with Crippen LogP contribution >= 0.6 is 0 Å². The Morgan fingerprint density at radius 2 is 1.96 bits per heavy atom. The lowest BCUT2D eigenvalue weighted by molar-refractivity contribution is 0.244. The number of aromatic nitrogens is 3. The molecule has 0 radical (unpaired) electrons. The van der Waals surface area contributed by atoms with Crippen molar-refractivity contribution in [1.29, 1.82) is 0 Å². The van der Waals surface area contributed by atoms with Gasteiger partial charge in [-0.25, -0.2) is 4.79 Å². The zero-order chi connectivity index (χ0) is 17.9. The van der Waals surface area contributed by atoms with Crippen molar-refractivity contribution >= 4 is 17.4 Å². The Balaban J connectivity index is 1.41. The van der Waals surface area contributed by atoms with Crippen LogP contribution in [0.15, 0.2) is 24.3 Å². The number of fused-ring (bicyclic) bond motifs is 1. The van der Waals surface area contributed by atoms with Gasteiger partial charge in [-0.15, -0.1) is 10.2 Å². The van der Waals surface area contributed by atoms with Crippen molar-refractivity contribution in [3.05, 3.63) is 35.9 Å². The fourth-order valence-corrected chi connectivity index (χ4v) is 3.91. The molecule has 2 aromatic rings. The Bertz CT molecular complexity index is 780. The van der Waals surface area contributed by atoms with Crippen LogP contribution in [-0.2, 0) is 6.54 Å². The molecule has 0 aliphatic carbocycles. The summed E-state index contributed by atoms with van der Waals surface area (Å²) in [6, 6.07) is 7.81. The Morgan fingerprint density at radius 3 is 2.81 bits per heavy atom. The maximum Gasteiger partial charge on any atom is 0.319 e. The molecule has 2 amide bonds. The van der Waals surface area contributed by atoms with Crippen LogP contribution in [-0.4, -0.2) is 33.9 Å². The van der Waals surface area contributed by atoms with Crippen molar-refractivity contribution < 1.29 is 4.79 Å². The third kappa shape index (κ3) is 3.52. The van der Waals surface area contributed by atoms with Crippen molar-refractivity contribution in [3.8, 4) is 0 Å². The second kappa shape index (κ2) is 7.35. The smallest absolute Gasteiger partial charge is 0.319 e. The number of benzene rings is 1. The van der Waals surface area contributed by atoms with Gasteiger partial charge in [0, 0.05) is 31.0 Å². The second-order valence-corrected chi connectivity index (χ2v) is 7.15. The molecular formula is C19H26N6O. The lowest BCUT2D eigenvalue weighted by atomic mass is 10.1. The van der Waals surface area contributed by atoms with E-state index in [0.29, 0.717) is 0 Å². The average Bonchev–Trinajstić information content (AvgIpc) is 3.05. The predicted molar refractivity (Wildman–Crippen MR) is 101 cm³/mol. The summed E-state index contributed by atoms with van der Waals surface area (Å²) >= 11 is 0. The van der Waals surface area contributed by atoms with Crippen molar-refractivity contribution in [2.45, 2.75) is 51.6 Å². The Hall–Kier alpha value is -2.57. The number of hydrogen-bond donors (Lipinski definition) is 2. The molecule has 1 aromatic carbocycles. The number of aryl methyl sites for hydroxylation is 1. The van der Waals surface area contributed by atoms with Gasteiger partial charge in [-0.2, -0.15) is 0 Å². The zero-order valence-electron chi connectivity index (χ0n) is 15.2. The van der Waals surface area contributed by atoms with Gasteiger partial charge in [0.25, 0.3) is 0 Å². The molecule has 2 N–H and O–H groups in total. The number of amides is 2. The number of carbonyl (C=O) groups excluding carboxylic acids is 1. The zero-order valence-corrected chi connectivity index (χ0v) is 15.2. The van der Waals surface area contributed by atoms with Crippen molar-refractivity contribution in [2.75, 3.05) is 23.3 Å². The summed E-state index contributed by atoms with van der Waals surface area (Å²) in [5.41, 5.74) is 1.99. The minimum atomic E-state index is -0.195. The molecular weight excluding hydrogens is 328 g/mol. The van der Waals surface area contributed by atoms with E-state index >= 15 is 0 Å². The first-order valence-electron chi connectivity index (χ1n) is 9.53. The molecule has 7 nitrogen and oxygen atoms in total. The van der Waals surface area contributed by atoms with E-state index in [2.05, 4.69) is 42.4 Å². The third-order valence-corrected chi connectivity index (χ3v) is 5.28. The van der Waals surface area contributed by atoms with Crippen LogP contribution in [0.4, 0.5) is 16.2 Å². The van der Waals surface area contributed by atoms with Gasteiger partial charge in [0.1, 0.15) is 5.82 Å². The predicted octanol–water partition coefficient (Wildman–Crippen LogP) is 3.23. The largest absolute Gasteiger partial charge is 0.371 e. The molecule has 1 aromatic heterocycles. The molecule has 0 saturated carbocycles. The number of urea groups is 1. The minimum absolute atomic E-state index is 0.0878. The molecule has 26 heavy (non-hydrogen) atoms. The van der Waals surface area contributed by atoms with Crippen molar-refractivity contribution in [3.63, 3.8) is 0 Å². The summed E-state index contributed by atoms with van der Waals surface area (Å²) in [6.45, 7) is 5.05. The van der Waals surface area contributed by atoms with E-state index in [1.54, 1.807) is 0 Å². The lowest BCUT2D eigenvalue weighted by Gasteiger charge is -2.29. The normalized spacial score (nSPS) is 19.7. The number of nitrogens with one attached hydrogen (secondary N) is 2. The second-order valence-electron chi connectivity index (χ2n) is 7.15. The monoisotopic (exact) mass is 354 g/mol. The molecule has 1 saturated heterocycles. The number of anilines is 2. The molecule has 0 unspecified atom stereocenters. The number of carbonyl (C=O) groups is 1. The molecule has 1 atom stereocenters. The highest BCUT2D eigenvalue weighted by molar-refractivity contribution is 5.90. The summed E-state index contributed by atoms with van der Waals surface area (Å²) in [5, 5.41) is 14.4. The molecule has 0 spiro atoms. The molecule has 2 aliphatic heterocycles. The first-order valence-corrected chi connectivity index (χ1v) is 9.53. The molecule has 3 heterocycles. The maximum absolute atomic E-state index is 12.5. The van der Waals surface area contributed by atoms with Crippen LogP contribution in [0.5, 0.6) is 0 Å². The highest BCUT2D eigenvalue weighted by Gasteiger charge is 2.25. The minimum Gasteiger partial charge on any atom is -0.371 e. The van der Waals surface area contributed by atoms with E-state index in [-0.39, 0.29) is 12.1 Å². The van der Waals surface area contributed by atoms with Crippen molar-refractivity contribution in [1.82, 2.24) is 20.1 Å². The molecule has 1 fully saturated rings. The number of hydrogen-bond acceptors (Lipinski definition) is 4. The average molecular weight is 354 g/mol. The number of piperidine rings is 1. The van der Waals surface area contributed by atoms with Crippen LogP contribution in [0, 0.1) is 6.92 Å². The van der Waals surface area contributed by atoms with E-state index in [0.717, 1.165) is 49.8 Å². The van der Waals surface area contributed by atoms with Gasteiger partial charge >= 0.3 is 6.03 Å². The van der Waals surface area contributed by atoms with Gasteiger partial charge in [-0.3, -0.25) is 0 Å². The maximum atomic E-state index is 12.5. The van der Waals surface area contributed by atoms with Gasteiger partial charge < -0.3 is 20.1 Å². The van der Waals surface area contributed by atoms with Crippen LogP contribution < -0.4 is 15.5 Å². The third-order valence-electron chi connectivity index (χ3n) is 5.28. The summed E-state index contributed by atoms with van der Waals surface area (Å²) < 4.78 is 2.09. The SMILES string of the molecule is Cc1nnc2n1CCC[C@@H]2NC(=O)Nc1cccc(N2CCCCC2)c1. The molecule has 138 valence electrons. The molecule has 7 heteroatoms. The van der Waals surface area contributed by atoms with E-state index in [1.807, 2.05) is 19.1 Å². The lowest BCUT2D eigenvalue weighted by Crippen LogP contribution is -2.36. The molecule has 2 aliphatic rings. The van der Waals surface area contributed by atoms with Gasteiger partial charge in [0.05, 0.1) is 6.04 Å². The first kappa shape index (κ1) is 16.9. The van der Waals surface area contributed by atoms with E-state index in [4.69, 9.17) is 0 Å². The summed E-state index contributed by atoms with van der Waals surface area (Å²) in [6.07, 6.45) is 5.68. The Kier molecular flexibility index (Phi) is 4.77. The Morgan fingerprint density at radius 1 is 1.12 bits per heavy atom. The fourth-order valence-electron chi connectivity index (χ4n) is 3.91. The first-order chi connectivity index (χ1) is 12.7.